The van der Waals surface area contributed by atoms with Gasteiger partial charge in [0.2, 0.25) is 0 Å². The van der Waals surface area contributed by atoms with Crippen LogP contribution in [0.4, 0.5) is 5.82 Å². The van der Waals surface area contributed by atoms with E-state index in [4.69, 9.17) is 15.2 Å². The Morgan fingerprint density at radius 1 is 1.26 bits per heavy atom. The first kappa shape index (κ1) is 19.1. The van der Waals surface area contributed by atoms with Crippen LogP contribution >= 0.6 is 0 Å². The molecule has 27 heavy (non-hydrogen) atoms. The van der Waals surface area contributed by atoms with Crippen LogP contribution in [0.1, 0.15) is 19.8 Å². The molecule has 0 bridgehead atoms. The average molecular weight is 370 g/mol. The van der Waals surface area contributed by atoms with E-state index in [0.717, 1.165) is 29.9 Å². The summed E-state index contributed by atoms with van der Waals surface area (Å²) >= 11 is 0. The van der Waals surface area contributed by atoms with E-state index in [0.29, 0.717) is 24.3 Å². The normalized spacial score (nSPS) is 14.6. The lowest BCUT2D eigenvalue weighted by atomic mass is 10.1. The molecule has 1 fully saturated rings. The third-order valence-corrected chi connectivity index (χ3v) is 4.34. The number of nitrogen functional groups attached to an aromatic ring is 1. The number of ether oxygens (including phenoxy) is 2. The highest BCUT2D eigenvalue weighted by molar-refractivity contribution is 5.78. The summed E-state index contributed by atoms with van der Waals surface area (Å²) in [6, 6.07) is 5.75. The molecule has 144 valence electrons. The second-order valence-electron chi connectivity index (χ2n) is 6.19. The lowest BCUT2D eigenvalue weighted by Crippen LogP contribution is -2.31. The van der Waals surface area contributed by atoms with Crippen LogP contribution in [-0.2, 0) is 4.74 Å². The van der Waals surface area contributed by atoms with E-state index in [1.54, 1.807) is 19.6 Å². The molecule has 1 saturated heterocycles. The minimum absolute atomic E-state index is 0.380. The van der Waals surface area contributed by atoms with Crippen molar-refractivity contribution in [3.05, 3.63) is 36.9 Å². The highest BCUT2D eigenvalue weighted by atomic mass is 16.5. The van der Waals surface area contributed by atoms with Crippen molar-refractivity contribution in [3.8, 4) is 11.6 Å². The lowest BCUT2D eigenvalue weighted by molar-refractivity contribution is 0.0765. The van der Waals surface area contributed by atoms with Crippen molar-refractivity contribution in [2.75, 3.05) is 32.5 Å². The lowest BCUT2D eigenvalue weighted by Gasteiger charge is -2.20. The highest BCUT2D eigenvalue weighted by Crippen LogP contribution is 2.22. The zero-order valence-corrected chi connectivity index (χ0v) is 15.8. The Hall–Kier alpha value is -2.71. The molecular formula is C19H26N6O2. The fraction of sp³-hybridized carbons (Fsp3) is 0.421. The molecule has 4 rings (SSSR count). The SMILES string of the molecule is CCOc1ccc2c(c1)ncn2-c1cncc(N)n1.COC1CCNCC1. The summed E-state index contributed by atoms with van der Waals surface area (Å²) in [6.45, 7) is 4.83. The van der Waals surface area contributed by atoms with E-state index >= 15 is 0 Å². The first-order valence-corrected chi connectivity index (χ1v) is 9.12. The number of imidazole rings is 1. The molecule has 1 aliphatic heterocycles. The number of fused-ring (bicyclic) bond motifs is 1. The van der Waals surface area contributed by atoms with E-state index in [9.17, 15) is 0 Å². The number of methoxy groups -OCH3 is 1. The number of rotatable bonds is 4. The maximum Gasteiger partial charge on any atom is 0.159 e. The zero-order valence-electron chi connectivity index (χ0n) is 15.8. The number of nitrogens with one attached hydrogen (secondary N) is 1. The number of piperidine rings is 1. The van der Waals surface area contributed by atoms with Gasteiger partial charge in [-0.1, -0.05) is 0 Å². The topological polar surface area (TPSA) is 100 Å². The summed E-state index contributed by atoms with van der Waals surface area (Å²) in [5.41, 5.74) is 7.42. The Balaban J connectivity index is 0.000000221. The molecule has 8 nitrogen and oxygen atoms in total. The van der Waals surface area contributed by atoms with Gasteiger partial charge in [0, 0.05) is 13.2 Å². The van der Waals surface area contributed by atoms with E-state index in [1.165, 1.54) is 19.0 Å². The van der Waals surface area contributed by atoms with Gasteiger partial charge in [0.25, 0.3) is 0 Å². The van der Waals surface area contributed by atoms with Crippen LogP contribution in [0.15, 0.2) is 36.9 Å². The van der Waals surface area contributed by atoms with Crippen molar-refractivity contribution in [2.45, 2.75) is 25.9 Å². The molecule has 0 spiro atoms. The third kappa shape index (κ3) is 4.93. The van der Waals surface area contributed by atoms with Crippen LogP contribution in [0.3, 0.4) is 0 Å². The van der Waals surface area contributed by atoms with Gasteiger partial charge in [-0.3, -0.25) is 9.55 Å². The average Bonchev–Trinajstić information content (AvgIpc) is 3.13. The fourth-order valence-corrected chi connectivity index (χ4v) is 2.95. The van der Waals surface area contributed by atoms with Gasteiger partial charge in [0.15, 0.2) is 5.82 Å². The Morgan fingerprint density at radius 2 is 2.07 bits per heavy atom. The summed E-state index contributed by atoms with van der Waals surface area (Å²) in [5.74, 6) is 1.83. The second-order valence-corrected chi connectivity index (χ2v) is 6.19. The Labute approximate surface area is 158 Å². The van der Waals surface area contributed by atoms with Crippen molar-refractivity contribution in [1.29, 1.82) is 0 Å². The quantitative estimate of drug-likeness (QED) is 0.726. The molecule has 2 aromatic heterocycles. The van der Waals surface area contributed by atoms with Crippen molar-refractivity contribution >= 4 is 16.9 Å². The van der Waals surface area contributed by atoms with Crippen LogP contribution < -0.4 is 15.8 Å². The summed E-state index contributed by atoms with van der Waals surface area (Å²) in [5, 5.41) is 3.27. The van der Waals surface area contributed by atoms with Crippen LogP contribution in [0.25, 0.3) is 16.9 Å². The molecule has 0 aliphatic carbocycles. The number of aromatic nitrogens is 4. The summed E-state index contributed by atoms with van der Waals surface area (Å²) in [6.07, 6.45) is 7.73. The Morgan fingerprint density at radius 3 is 2.74 bits per heavy atom. The smallest absolute Gasteiger partial charge is 0.159 e. The van der Waals surface area contributed by atoms with E-state index in [2.05, 4.69) is 20.3 Å². The van der Waals surface area contributed by atoms with Crippen LogP contribution in [0, 0.1) is 0 Å². The Kier molecular flexibility index (Phi) is 6.56. The molecule has 3 heterocycles. The van der Waals surface area contributed by atoms with Crippen molar-refractivity contribution in [1.82, 2.24) is 24.8 Å². The fourth-order valence-electron chi connectivity index (χ4n) is 2.95. The number of benzene rings is 1. The molecule has 0 radical (unpaired) electrons. The molecule has 0 amide bonds. The first-order valence-electron chi connectivity index (χ1n) is 9.12. The van der Waals surface area contributed by atoms with Gasteiger partial charge >= 0.3 is 0 Å². The number of hydrogen-bond acceptors (Lipinski definition) is 7. The molecule has 3 N–H and O–H groups in total. The predicted octanol–water partition coefficient (Wildman–Crippen LogP) is 2.18. The molecule has 0 atom stereocenters. The predicted molar refractivity (Wildman–Crippen MR) is 105 cm³/mol. The number of anilines is 1. The molecule has 1 aliphatic rings. The van der Waals surface area contributed by atoms with E-state index in [-0.39, 0.29) is 0 Å². The second kappa shape index (κ2) is 9.29. The van der Waals surface area contributed by atoms with Crippen LogP contribution in [0.2, 0.25) is 0 Å². The van der Waals surface area contributed by atoms with Gasteiger partial charge in [-0.2, -0.15) is 0 Å². The van der Waals surface area contributed by atoms with Crippen molar-refractivity contribution < 1.29 is 9.47 Å². The standard InChI is InChI=1S/C13H13N5O.C6H13NO/c1-2-19-9-3-4-11-10(5-9)16-8-18(11)13-7-15-6-12(14)17-13;1-8-6-2-4-7-5-3-6/h3-8H,2H2,1H3,(H2,14,17);6-7H,2-5H2,1H3. The molecular weight excluding hydrogens is 344 g/mol. The minimum atomic E-state index is 0.380. The molecule has 0 unspecified atom stereocenters. The van der Waals surface area contributed by atoms with Crippen LogP contribution in [0.5, 0.6) is 5.75 Å². The van der Waals surface area contributed by atoms with Gasteiger partial charge in [0.05, 0.1) is 36.1 Å². The van der Waals surface area contributed by atoms with Gasteiger partial charge in [0.1, 0.15) is 17.9 Å². The first-order chi connectivity index (χ1) is 13.2. The zero-order chi connectivity index (χ0) is 19.1. The van der Waals surface area contributed by atoms with Gasteiger partial charge in [-0.25, -0.2) is 9.97 Å². The summed E-state index contributed by atoms with van der Waals surface area (Å²) in [7, 11) is 1.79. The molecule has 1 aromatic carbocycles. The minimum Gasteiger partial charge on any atom is -0.494 e. The molecule has 8 heteroatoms. The van der Waals surface area contributed by atoms with Crippen molar-refractivity contribution in [3.63, 3.8) is 0 Å². The number of hydrogen-bond donors (Lipinski definition) is 2. The molecule has 3 aromatic rings. The maximum absolute atomic E-state index is 5.65. The maximum atomic E-state index is 5.65. The summed E-state index contributed by atoms with van der Waals surface area (Å²) in [4.78, 5) is 12.6. The summed E-state index contributed by atoms with van der Waals surface area (Å²) < 4.78 is 12.4. The number of nitrogens with zero attached hydrogens (tertiary/aromatic N) is 4. The highest BCUT2D eigenvalue weighted by Gasteiger charge is 2.10. The van der Waals surface area contributed by atoms with E-state index < -0.39 is 0 Å². The molecule has 0 saturated carbocycles. The number of nitrogens with two attached hydrogens (primary N) is 1. The van der Waals surface area contributed by atoms with Crippen molar-refractivity contribution in [2.24, 2.45) is 0 Å². The van der Waals surface area contributed by atoms with Gasteiger partial charge < -0.3 is 20.5 Å². The third-order valence-electron chi connectivity index (χ3n) is 4.34. The Bertz CT molecular complexity index is 860. The van der Waals surface area contributed by atoms with Gasteiger partial charge in [-0.05, 0) is 45.0 Å². The van der Waals surface area contributed by atoms with Gasteiger partial charge in [-0.15, -0.1) is 0 Å². The largest absolute Gasteiger partial charge is 0.494 e. The van der Waals surface area contributed by atoms with Crippen LogP contribution in [-0.4, -0.2) is 52.4 Å². The monoisotopic (exact) mass is 370 g/mol. The van der Waals surface area contributed by atoms with E-state index in [1.807, 2.05) is 29.7 Å².